The van der Waals surface area contributed by atoms with Crippen LogP contribution in [0.4, 0.5) is 11.4 Å². The maximum absolute atomic E-state index is 12.8. The highest BCUT2D eigenvalue weighted by Gasteiger charge is 2.35. The van der Waals surface area contributed by atoms with Gasteiger partial charge in [0.1, 0.15) is 18.1 Å². The minimum atomic E-state index is -0.470. The van der Waals surface area contributed by atoms with Crippen LogP contribution in [0.2, 0.25) is 5.02 Å². The zero-order valence-electron chi connectivity index (χ0n) is 18.8. The first-order valence-electron chi connectivity index (χ1n) is 11.1. The maximum atomic E-state index is 12.8. The Balaban J connectivity index is 1.34. The Bertz CT molecular complexity index is 1150. The maximum Gasteiger partial charge on any atom is 0.243 e. The van der Waals surface area contributed by atoms with Crippen LogP contribution < -0.4 is 25.2 Å². The van der Waals surface area contributed by atoms with E-state index >= 15 is 0 Å². The Kier molecular flexibility index (Phi) is 7.54. The van der Waals surface area contributed by atoms with E-state index in [9.17, 15) is 9.59 Å². The molecular formula is C26H26ClN3O4. The second-order valence-corrected chi connectivity index (χ2v) is 8.23. The SMILES string of the molecule is CCOc1ccc(N2C[C@H](C(=O)NNc3ccccc3OCc3ccccc3Cl)CC2=O)cc1. The topological polar surface area (TPSA) is 79.9 Å². The van der Waals surface area contributed by atoms with Crippen LogP contribution in [0, 0.1) is 5.92 Å². The predicted octanol–water partition coefficient (Wildman–Crippen LogP) is 4.81. The van der Waals surface area contributed by atoms with Crippen molar-refractivity contribution in [1.29, 1.82) is 0 Å². The largest absolute Gasteiger partial charge is 0.494 e. The summed E-state index contributed by atoms with van der Waals surface area (Å²) in [5.74, 6) is 0.492. The fourth-order valence-corrected chi connectivity index (χ4v) is 3.91. The molecule has 0 aromatic heterocycles. The van der Waals surface area contributed by atoms with Crippen LogP contribution in [0.3, 0.4) is 0 Å². The minimum absolute atomic E-state index is 0.0900. The van der Waals surface area contributed by atoms with Crippen molar-refractivity contribution in [2.75, 3.05) is 23.5 Å². The summed E-state index contributed by atoms with van der Waals surface area (Å²) >= 11 is 6.20. The number of hydrogen-bond acceptors (Lipinski definition) is 5. The van der Waals surface area contributed by atoms with Gasteiger partial charge in [-0.15, -0.1) is 0 Å². The standard InChI is InChI=1S/C26H26ClN3O4/c1-2-33-21-13-11-20(12-14-21)30-16-19(15-25(30)31)26(32)29-28-23-9-5-6-10-24(23)34-17-18-7-3-4-8-22(18)27/h3-14,19,28H,2,15-17H2,1H3,(H,29,32)/t19-/m1/s1. The Morgan fingerprint density at radius 2 is 1.76 bits per heavy atom. The summed E-state index contributed by atoms with van der Waals surface area (Å²) < 4.78 is 11.4. The van der Waals surface area contributed by atoms with E-state index in [1.807, 2.05) is 67.6 Å². The number of carbonyl (C=O) groups excluding carboxylic acids is 2. The van der Waals surface area contributed by atoms with Gasteiger partial charge in [0.2, 0.25) is 11.8 Å². The van der Waals surface area contributed by atoms with Crippen LogP contribution in [0.5, 0.6) is 11.5 Å². The summed E-state index contributed by atoms with van der Waals surface area (Å²) in [7, 11) is 0. The monoisotopic (exact) mass is 479 g/mol. The molecule has 1 aliphatic heterocycles. The number of nitrogens with one attached hydrogen (secondary N) is 2. The fraction of sp³-hybridized carbons (Fsp3) is 0.231. The van der Waals surface area contributed by atoms with Gasteiger partial charge >= 0.3 is 0 Å². The lowest BCUT2D eigenvalue weighted by molar-refractivity contribution is -0.125. The number of halogens is 1. The molecule has 1 fully saturated rings. The molecule has 1 saturated heterocycles. The van der Waals surface area contributed by atoms with Crippen LogP contribution in [0.1, 0.15) is 18.9 Å². The second-order valence-electron chi connectivity index (χ2n) is 7.82. The van der Waals surface area contributed by atoms with Crippen LogP contribution in [-0.4, -0.2) is 25.0 Å². The van der Waals surface area contributed by atoms with Crippen LogP contribution in [0.25, 0.3) is 0 Å². The van der Waals surface area contributed by atoms with Crippen molar-refractivity contribution < 1.29 is 19.1 Å². The van der Waals surface area contributed by atoms with Gasteiger partial charge in [0, 0.05) is 29.2 Å². The third-order valence-corrected chi connectivity index (χ3v) is 5.87. The highest BCUT2D eigenvalue weighted by Crippen LogP contribution is 2.28. The van der Waals surface area contributed by atoms with Crippen molar-refractivity contribution in [2.24, 2.45) is 5.92 Å². The number of carbonyl (C=O) groups is 2. The average Bonchev–Trinajstić information content (AvgIpc) is 3.25. The van der Waals surface area contributed by atoms with E-state index < -0.39 is 5.92 Å². The van der Waals surface area contributed by atoms with Gasteiger partial charge in [-0.2, -0.15) is 0 Å². The molecule has 1 atom stereocenters. The van der Waals surface area contributed by atoms with Gasteiger partial charge in [0.05, 0.1) is 18.2 Å². The molecule has 2 N–H and O–H groups in total. The molecule has 1 aliphatic rings. The third-order valence-electron chi connectivity index (χ3n) is 5.50. The van der Waals surface area contributed by atoms with E-state index in [2.05, 4.69) is 10.9 Å². The Morgan fingerprint density at radius 3 is 2.53 bits per heavy atom. The van der Waals surface area contributed by atoms with Crippen LogP contribution in [0.15, 0.2) is 72.8 Å². The molecule has 8 heteroatoms. The summed E-state index contributed by atoms with van der Waals surface area (Å²) in [5.41, 5.74) is 7.86. The summed E-state index contributed by atoms with van der Waals surface area (Å²) in [5, 5.41) is 0.629. The zero-order valence-corrected chi connectivity index (χ0v) is 19.5. The summed E-state index contributed by atoms with van der Waals surface area (Å²) in [6.45, 7) is 3.09. The lowest BCUT2D eigenvalue weighted by atomic mass is 10.1. The first-order chi connectivity index (χ1) is 16.5. The molecule has 1 heterocycles. The Morgan fingerprint density at radius 1 is 1.03 bits per heavy atom. The van der Waals surface area contributed by atoms with E-state index in [0.717, 1.165) is 17.0 Å². The van der Waals surface area contributed by atoms with Crippen molar-refractivity contribution >= 4 is 34.8 Å². The molecule has 34 heavy (non-hydrogen) atoms. The number of para-hydroxylation sites is 2. The quantitative estimate of drug-likeness (QED) is 0.430. The lowest BCUT2D eigenvalue weighted by Gasteiger charge is -2.18. The highest BCUT2D eigenvalue weighted by molar-refractivity contribution is 6.31. The fourth-order valence-electron chi connectivity index (χ4n) is 3.72. The number of nitrogens with zero attached hydrogens (tertiary/aromatic N) is 1. The molecular weight excluding hydrogens is 454 g/mol. The summed E-state index contributed by atoms with van der Waals surface area (Å²) in [6.07, 6.45) is 0.144. The molecule has 3 aromatic carbocycles. The van der Waals surface area contributed by atoms with Gasteiger partial charge in [-0.05, 0) is 49.4 Å². The van der Waals surface area contributed by atoms with Gasteiger partial charge in [-0.1, -0.05) is 41.9 Å². The molecule has 0 radical (unpaired) electrons. The lowest BCUT2D eigenvalue weighted by Crippen LogP contribution is -2.36. The molecule has 0 bridgehead atoms. The Hall–Kier alpha value is -3.71. The third kappa shape index (κ3) is 5.61. The number of amides is 2. The van der Waals surface area contributed by atoms with E-state index in [1.54, 1.807) is 17.0 Å². The van der Waals surface area contributed by atoms with Gasteiger partial charge in [0.15, 0.2) is 0 Å². The van der Waals surface area contributed by atoms with Gasteiger partial charge in [0.25, 0.3) is 0 Å². The van der Waals surface area contributed by atoms with E-state index in [1.165, 1.54) is 0 Å². The van der Waals surface area contributed by atoms with E-state index in [0.29, 0.717) is 36.2 Å². The summed E-state index contributed by atoms with van der Waals surface area (Å²) in [6, 6.07) is 22.0. The van der Waals surface area contributed by atoms with E-state index in [4.69, 9.17) is 21.1 Å². The second kappa shape index (κ2) is 10.9. The molecule has 0 unspecified atom stereocenters. The molecule has 0 saturated carbocycles. The summed E-state index contributed by atoms with van der Waals surface area (Å²) in [4.78, 5) is 27.0. The van der Waals surface area contributed by atoms with Crippen molar-refractivity contribution in [2.45, 2.75) is 20.0 Å². The van der Waals surface area contributed by atoms with Crippen molar-refractivity contribution in [3.8, 4) is 11.5 Å². The molecule has 176 valence electrons. The Labute approximate surface area is 203 Å². The molecule has 2 amide bonds. The van der Waals surface area contributed by atoms with Crippen molar-refractivity contribution in [3.63, 3.8) is 0 Å². The number of anilines is 2. The zero-order chi connectivity index (χ0) is 23.9. The number of benzene rings is 3. The molecule has 0 spiro atoms. The van der Waals surface area contributed by atoms with Gasteiger partial charge in [-0.3, -0.25) is 20.4 Å². The van der Waals surface area contributed by atoms with Crippen molar-refractivity contribution in [1.82, 2.24) is 5.43 Å². The number of hydrazine groups is 1. The van der Waals surface area contributed by atoms with Gasteiger partial charge in [-0.25, -0.2) is 0 Å². The number of rotatable bonds is 9. The first kappa shape index (κ1) is 23.4. The minimum Gasteiger partial charge on any atom is -0.494 e. The molecule has 0 aliphatic carbocycles. The number of ether oxygens (including phenoxy) is 2. The first-order valence-corrected chi connectivity index (χ1v) is 11.5. The normalized spacial score (nSPS) is 15.2. The number of hydrogen-bond donors (Lipinski definition) is 2. The highest BCUT2D eigenvalue weighted by atomic mass is 35.5. The molecule has 7 nitrogen and oxygen atoms in total. The van der Waals surface area contributed by atoms with Crippen LogP contribution >= 0.6 is 11.6 Å². The van der Waals surface area contributed by atoms with Crippen molar-refractivity contribution in [3.05, 3.63) is 83.4 Å². The molecule has 3 aromatic rings. The smallest absolute Gasteiger partial charge is 0.243 e. The van der Waals surface area contributed by atoms with E-state index in [-0.39, 0.29) is 18.2 Å². The van der Waals surface area contributed by atoms with Crippen LogP contribution in [-0.2, 0) is 16.2 Å². The van der Waals surface area contributed by atoms with Gasteiger partial charge < -0.3 is 14.4 Å². The molecule has 4 rings (SSSR count). The predicted molar refractivity (Wildman–Crippen MR) is 132 cm³/mol. The average molecular weight is 480 g/mol.